The van der Waals surface area contributed by atoms with Gasteiger partial charge in [-0.2, -0.15) is 4.99 Å². The summed E-state index contributed by atoms with van der Waals surface area (Å²) in [6.07, 6.45) is -0.164. The largest absolute Gasteiger partial charge is 0.481 e. The highest BCUT2D eigenvalue weighted by atomic mass is 32.2. The molecule has 1 atom stereocenters. The predicted molar refractivity (Wildman–Crippen MR) is 73.8 cm³/mol. The highest BCUT2D eigenvalue weighted by Gasteiger charge is 2.30. The molecule has 94 valence electrons. The molecule has 0 fully saturated rings. The number of carboxylic acid groups (broad SMARTS) is 1. The molecule has 1 amide bonds. The topological polar surface area (TPSA) is 66.7 Å². The second kappa shape index (κ2) is 6.06. The van der Waals surface area contributed by atoms with Gasteiger partial charge in [-0.05, 0) is 5.56 Å². The maximum absolute atomic E-state index is 11.4. The van der Waals surface area contributed by atoms with Crippen LogP contribution < -0.4 is 0 Å². The lowest BCUT2D eigenvalue weighted by Gasteiger charge is -2.03. The summed E-state index contributed by atoms with van der Waals surface area (Å²) < 4.78 is 0.662. The third-order valence-corrected chi connectivity index (χ3v) is 4.69. The first-order valence-corrected chi connectivity index (χ1v) is 7.19. The smallest absolute Gasteiger partial charge is 0.305 e. The first-order chi connectivity index (χ1) is 8.65. The van der Waals surface area contributed by atoms with Crippen LogP contribution in [0.15, 0.2) is 35.3 Å². The van der Waals surface area contributed by atoms with Crippen LogP contribution in [0.3, 0.4) is 0 Å². The summed E-state index contributed by atoms with van der Waals surface area (Å²) in [7, 11) is 0. The SMILES string of the molecule is O=C(O)C[C@@H]1SC(SCc2ccccc2)=NC1=O. The van der Waals surface area contributed by atoms with Gasteiger partial charge in [0.2, 0.25) is 0 Å². The second-order valence-corrected chi connectivity index (χ2v) is 6.11. The van der Waals surface area contributed by atoms with Crippen molar-refractivity contribution in [2.24, 2.45) is 4.99 Å². The zero-order chi connectivity index (χ0) is 13.0. The molecule has 1 aromatic rings. The van der Waals surface area contributed by atoms with Crippen LogP contribution in [-0.4, -0.2) is 26.6 Å². The van der Waals surface area contributed by atoms with E-state index in [2.05, 4.69) is 4.99 Å². The minimum absolute atomic E-state index is 0.164. The van der Waals surface area contributed by atoms with E-state index < -0.39 is 11.2 Å². The first kappa shape index (κ1) is 13.2. The van der Waals surface area contributed by atoms with E-state index in [4.69, 9.17) is 5.11 Å². The summed E-state index contributed by atoms with van der Waals surface area (Å²) in [6.45, 7) is 0. The van der Waals surface area contributed by atoms with E-state index in [1.807, 2.05) is 30.3 Å². The summed E-state index contributed by atoms with van der Waals surface area (Å²) in [5.74, 6) is -0.567. The zero-order valence-electron chi connectivity index (χ0n) is 9.41. The van der Waals surface area contributed by atoms with E-state index >= 15 is 0 Å². The molecule has 1 aliphatic heterocycles. The maximum Gasteiger partial charge on any atom is 0.305 e. The van der Waals surface area contributed by atoms with Crippen molar-refractivity contribution in [3.63, 3.8) is 0 Å². The Morgan fingerprint density at radius 2 is 2.11 bits per heavy atom. The Morgan fingerprint density at radius 1 is 1.39 bits per heavy atom. The molecule has 6 heteroatoms. The van der Waals surface area contributed by atoms with E-state index in [0.717, 1.165) is 11.3 Å². The monoisotopic (exact) mass is 281 g/mol. The van der Waals surface area contributed by atoms with Crippen molar-refractivity contribution in [2.75, 3.05) is 0 Å². The van der Waals surface area contributed by atoms with Gasteiger partial charge in [0.05, 0.1) is 6.42 Å². The van der Waals surface area contributed by atoms with Crippen molar-refractivity contribution in [2.45, 2.75) is 17.4 Å². The number of amides is 1. The minimum Gasteiger partial charge on any atom is -0.481 e. The number of hydrogen-bond acceptors (Lipinski definition) is 4. The molecule has 18 heavy (non-hydrogen) atoms. The molecule has 0 saturated heterocycles. The zero-order valence-corrected chi connectivity index (χ0v) is 11.0. The van der Waals surface area contributed by atoms with E-state index in [-0.39, 0.29) is 12.3 Å². The summed E-state index contributed by atoms with van der Waals surface area (Å²) in [5.41, 5.74) is 1.15. The third-order valence-electron chi connectivity index (χ3n) is 2.29. The summed E-state index contributed by atoms with van der Waals surface area (Å²) in [5, 5.41) is 8.11. The Morgan fingerprint density at radius 3 is 2.78 bits per heavy atom. The van der Waals surface area contributed by atoms with Gasteiger partial charge >= 0.3 is 5.97 Å². The summed E-state index contributed by atoms with van der Waals surface area (Å²) in [6, 6.07) is 9.87. The van der Waals surface area contributed by atoms with Crippen LogP contribution in [0.4, 0.5) is 0 Å². The molecule has 0 spiro atoms. The van der Waals surface area contributed by atoms with Gasteiger partial charge in [0, 0.05) is 5.75 Å². The fourth-order valence-electron chi connectivity index (χ4n) is 1.43. The van der Waals surface area contributed by atoms with Crippen molar-refractivity contribution in [1.29, 1.82) is 0 Å². The van der Waals surface area contributed by atoms with Crippen molar-refractivity contribution < 1.29 is 14.7 Å². The molecular weight excluding hydrogens is 270 g/mol. The molecule has 1 heterocycles. The number of carbonyl (C=O) groups is 2. The van der Waals surface area contributed by atoms with Crippen molar-refractivity contribution >= 4 is 39.8 Å². The quantitative estimate of drug-likeness (QED) is 0.918. The third kappa shape index (κ3) is 3.61. The Balaban J connectivity index is 1.87. The van der Waals surface area contributed by atoms with Gasteiger partial charge in [-0.1, -0.05) is 53.9 Å². The lowest BCUT2D eigenvalue weighted by molar-refractivity contribution is -0.138. The normalized spacial score (nSPS) is 18.8. The highest BCUT2D eigenvalue weighted by Crippen LogP contribution is 2.32. The van der Waals surface area contributed by atoms with Gasteiger partial charge in [0.25, 0.3) is 5.91 Å². The molecule has 2 rings (SSSR count). The molecule has 0 aliphatic carbocycles. The van der Waals surface area contributed by atoms with E-state index in [0.29, 0.717) is 4.38 Å². The fraction of sp³-hybridized carbons (Fsp3) is 0.250. The lowest BCUT2D eigenvalue weighted by atomic mass is 10.2. The maximum atomic E-state index is 11.4. The van der Waals surface area contributed by atoms with Gasteiger partial charge in [0.1, 0.15) is 9.63 Å². The lowest BCUT2D eigenvalue weighted by Crippen LogP contribution is -2.15. The van der Waals surface area contributed by atoms with Gasteiger partial charge in [-0.15, -0.1) is 0 Å². The number of hydrogen-bond donors (Lipinski definition) is 1. The van der Waals surface area contributed by atoms with Crippen molar-refractivity contribution in [3.05, 3.63) is 35.9 Å². The van der Waals surface area contributed by atoms with E-state index in [1.54, 1.807) is 0 Å². The number of nitrogens with zero attached hydrogens (tertiary/aromatic N) is 1. The molecule has 0 aromatic heterocycles. The van der Waals surface area contributed by atoms with Gasteiger partial charge in [-0.25, -0.2) is 0 Å². The molecule has 1 aromatic carbocycles. The van der Waals surface area contributed by atoms with Crippen LogP contribution in [0, 0.1) is 0 Å². The average Bonchev–Trinajstić information content (AvgIpc) is 2.68. The Bertz CT molecular complexity index is 487. The number of aliphatic carboxylic acids is 1. The molecule has 0 unspecified atom stereocenters. The van der Waals surface area contributed by atoms with Crippen LogP contribution in [0.2, 0.25) is 0 Å². The Kier molecular flexibility index (Phi) is 4.43. The fourth-order valence-corrected chi connectivity index (χ4v) is 3.63. The second-order valence-electron chi connectivity index (χ2n) is 3.69. The Labute approximate surface area is 113 Å². The number of rotatable bonds is 4. The van der Waals surface area contributed by atoms with Gasteiger partial charge in [-0.3, -0.25) is 9.59 Å². The van der Waals surface area contributed by atoms with Crippen molar-refractivity contribution in [1.82, 2.24) is 0 Å². The highest BCUT2D eigenvalue weighted by molar-refractivity contribution is 8.39. The molecule has 0 radical (unpaired) electrons. The van der Waals surface area contributed by atoms with E-state index in [1.165, 1.54) is 23.5 Å². The first-order valence-electron chi connectivity index (χ1n) is 5.33. The number of carboxylic acids is 1. The van der Waals surface area contributed by atoms with Gasteiger partial charge in [0.15, 0.2) is 0 Å². The average molecular weight is 281 g/mol. The van der Waals surface area contributed by atoms with Gasteiger partial charge < -0.3 is 5.11 Å². The van der Waals surface area contributed by atoms with Crippen LogP contribution in [0.1, 0.15) is 12.0 Å². The summed E-state index contributed by atoms with van der Waals surface area (Å²) >= 11 is 2.72. The number of aliphatic imine (C=N–C) groups is 1. The molecule has 0 bridgehead atoms. The Hall–Kier alpha value is -1.27. The number of carbonyl (C=O) groups excluding carboxylic acids is 1. The van der Waals surface area contributed by atoms with Crippen LogP contribution in [0.25, 0.3) is 0 Å². The van der Waals surface area contributed by atoms with Crippen molar-refractivity contribution in [3.8, 4) is 0 Å². The molecule has 0 saturated carbocycles. The molecule has 4 nitrogen and oxygen atoms in total. The number of thioether (sulfide) groups is 2. The van der Waals surface area contributed by atoms with Crippen LogP contribution >= 0.6 is 23.5 Å². The molecule has 1 N–H and O–H groups in total. The number of benzene rings is 1. The predicted octanol–water partition coefficient (Wildman–Crippen LogP) is 2.39. The minimum atomic E-state index is -0.967. The van der Waals surface area contributed by atoms with E-state index in [9.17, 15) is 9.59 Å². The van der Waals surface area contributed by atoms with Crippen LogP contribution in [0.5, 0.6) is 0 Å². The van der Waals surface area contributed by atoms with Crippen LogP contribution in [-0.2, 0) is 15.3 Å². The summed E-state index contributed by atoms with van der Waals surface area (Å²) in [4.78, 5) is 25.9. The standard InChI is InChI=1S/C12H11NO3S2/c14-10(15)6-9-11(16)13-12(18-9)17-7-8-4-2-1-3-5-8/h1-5,9H,6-7H2,(H,14,15)/t9-/m0/s1. The molecule has 1 aliphatic rings. The molecular formula is C12H11NO3S2.